The van der Waals surface area contributed by atoms with Gasteiger partial charge >= 0.3 is 5.97 Å². The van der Waals surface area contributed by atoms with E-state index in [1.54, 1.807) is 13.8 Å². The van der Waals surface area contributed by atoms with Crippen LogP contribution in [0.15, 0.2) is 4.90 Å². The Labute approximate surface area is 114 Å². The first-order valence-corrected chi connectivity index (χ1v) is 7.85. The third-order valence-electron chi connectivity index (χ3n) is 2.08. The van der Waals surface area contributed by atoms with Gasteiger partial charge in [-0.2, -0.15) is 5.10 Å². The molecule has 0 aliphatic rings. The summed E-state index contributed by atoms with van der Waals surface area (Å²) in [6.07, 6.45) is 0.330. The van der Waals surface area contributed by atoms with Crippen LogP contribution in [-0.2, 0) is 31.5 Å². The molecule has 1 heterocycles. The minimum Gasteiger partial charge on any atom is -0.465 e. The molecule has 0 saturated carbocycles. The van der Waals surface area contributed by atoms with E-state index in [2.05, 4.69) is 5.10 Å². The lowest BCUT2D eigenvalue weighted by molar-refractivity contribution is -0.144. The SMILES string of the molecule is CCOC(=O)Cn1nc(CC)c(S(=O)(=O)Cl)c1Cl. The summed E-state index contributed by atoms with van der Waals surface area (Å²) in [7, 11) is 1.28. The Bertz CT molecular complexity index is 553. The summed E-state index contributed by atoms with van der Waals surface area (Å²) in [5, 5.41) is 3.75. The Kier molecular flexibility index (Phi) is 5.01. The fourth-order valence-corrected chi connectivity index (χ4v) is 3.27. The normalized spacial score (nSPS) is 11.6. The van der Waals surface area contributed by atoms with Crippen molar-refractivity contribution < 1.29 is 17.9 Å². The van der Waals surface area contributed by atoms with Crippen molar-refractivity contribution in [3.05, 3.63) is 10.8 Å². The minimum absolute atomic E-state index is 0.185. The van der Waals surface area contributed by atoms with Gasteiger partial charge < -0.3 is 4.74 Å². The molecule has 0 saturated heterocycles. The van der Waals surface area contributed by atoms with Crippen LogP contribution in [0.4, 0.5) is 0 Å². The lowest BCUT2D eigenvalue weighted by Crippen LogP contribution is -2.14. The second kappa shape index (κ2) is 5.90. The largest absolute Gasteiger partial charge is 0.465 e. The van der Waals surface area contributed by atoms with Crippen LogP contribution in [0, 0.1) is 0 Å². The van der Waals surface area contributed by atoms with Crippen molar-refractivity contribution >= 4 is 37.3 Å². The standard InChI is InChI=1S/C9H12Cl2N2O4S/c1-3-6-8(18(11,15)16)9(10)13(12-6)5-7(14)17-4-2/h3-5H2,1-2H3. The molecule has 102 valence electrons. The summed E-state index contributed by atoms with van der Waals surface area (Å²) < 4.78 is 28.5. The molecule has 6 nitrogen and oxygen atoms in total. The summed E-state index contributed by atoms with van der Waals surface area (Å²) in [5.74, 6) is -0.553. The number of ether oxygens (including phenoxy) is 1. The molecule has 18 heavy (non-hydrogen) atoms. The Hall–Kier alpha value is -0.790. The number of rotatable bonds is 5. The van der Waals surface area contributed by atoms with E-state index in [0.717, 1.165) is 4.68 Å². The molecule has 0 N–H and O–H groups in total. The average molecular weight is 315 g/mol. The first-order chi connectivity index (χ1) is 8.31. The van der Waals surface area contributed by atoms with E-state index in [1.807, 2.05) is 0 Å². The second-order valence-electron chi connectivity index (χ2n) is 3.32. The molecule has 0 unspecified atom stereocenters. The highest BCUT2D eigenvalue weighted by atomic mass is 35.7. The lowest BCUT2D eigenvalue weighted by Gasteiger charge is -2.02. The highest BCUT2D eigenvalue weighted by Gasteiger charge is 2.26. The summed E-state index contributed by atoms with van der Waals surface area (Å²) >= 11 is 5.87. The van der Waals surface area contributed by atoms with Crippen molar-refractivity contribution in [2.45, 2.75) is 31.7 Å². The van der Waals surface area contributed by atoms with Gasteiger partial charge in [-0.25, -0.2) is 13.1 Å². The summed E-state index contributed by atoms with van der Waals surface area (Å²) in [6.45, 7) is 3.33. The van der Waals surface area contributed by atoms with Crippen LogP contribution in [0.5, 0.6) is 0 Å². The van der Waals surface area contributed by atoms with E-state index in [0.29, 0.717) is 6.42 Å². The fraction of sp³-hybridized carbons (Fsp3) is 0.556. The predicted octanol–water partition coefficient (Wildman–Crippen LogP) is 1.59. The van der Waals surface area contributed by atoms with Gasteiger partial charge in [0.05, 0.1) is 12.3 Å². The second-order valence-corrected chi connectivity index (χ2v) is 6.18. The number of halogens is 2. The van der Waals surface area contributed by atoms with Crippen LogP contribution in [0.25, 0.3) is 0 Å². The fourth-order valence-electron chi connectivity index (χ4n) is 1.38. The number of hydrogen-bond donors (Lipinski definition) is 0. The first-order valence-electron chi connectivity index (χ1n) is 5.16. The quantitative estimate of drug-likeness (QED) is 0.609. The first kappa shape index (κ1) is 15.3. The van der Waals surface area contributed by atoms with Gasteiger partial charge in [-0.15, -0.1) is 0 Å². The van der Waals surface area contributed by atoms with Gasteiger partial charge in [0.25, 0.3) is 9.05 Å². The number of aryl methyl sites for hydroxylation is 1. The van der Waals surface area contributed by atoms with Crippen LogP contribution in [0.1, 0.15) is 19.5 Å². The van der Waals surface area contributed by atoms with Crippen LogP contribution >= 0.6 is 22.3 Å². The smallest absolute Gasteiger partial charge is 0.327 e. The van der Waals surface area contributed by atoms with Crippen molar-refractivity contribution in [1.29, 1.82) is 0 Å². The molecule has 1 aromatic rings. The lowest BCUT2D eigenvalue weighted by atomic mass is 10.3. The Morgan fingerprint density at radius 1 is 1.44 bits per heavy atom. The van der Waals surface area contributed by atoms with Crippen LogP contribution in [0.3, 0.4) is 0 Å². The third kappa shape index (κ3) is 3.37. The predicted molar refractivity (Wildman–Crippen MR) is 66.3 cm³/mol. The van der Waals surface area contributed by atoms with Gasteiger partial charge in [0.2, 0.25) is 0 Å². The topological polar surface area (TPSA) is 78.3 Å². The Morgan fingerprint density at radius 2 is 2.06 bits per heavy atom. The molecule has 0 radical (unpaired) electrons. The molecular formula is C9H12Cl2N2O4S. The number of nitrogens with zero attached hydrogens (tertiary/aromatic N) is 2. The summed E-state index contributed by atoms with van der Waals surface area (Å²) in [4.78, 5) is 11.0. The minimum atomic E-state index is -4.00. The Balaban J connectivity index is 3.17. The monoisotopic (exact) mass is 314 g/mol. The van der Waals surface area contributed by atoms with Gasteiger partial charge in [0.15, 0.2) is 0 Å². The van der Waals surface area contributed by atoms with E-state index >= 15 is 0 Å². The molecule has 0 amide bonds. The van der Waals surface area contributed by atoms with Gasteiger partial charge in [-0.3, -0.25) is 4.79 Å². The van der Waals surface area contributed by atoms with E-state index in [9.17, 15) is 13.2 Å². The highest BCUT2D eigenvalue weighted by Crippen LogP contribution is 2.28. The third-order valence-corrected chi connectivity index (χ3v) is 3.96. The molecule has 0 bridgehead atoms. The van der Waals surface area contributed by atoms with Crippen LogP contribution in [-0.4, -0.2) is 30.8 Å². The average Bonchev–Trinajstić information content (AvgIpc) is 2.55. The molecule has 0 spiro atoms. The molecule has 0 atom stereocenters. The molecule has 0 aliphatic heterocycles. The maximum Gasteiger partial charge on any atom is 0.327 e. The Morgan fingerprint density at radius 3 is 2.44 bits per heavy atom. The summed E-state index contributed by atoms with van der Waals surface area (Å²) in [6, 6.07) is 0. The van der Waals surface area contributed by atoms with E-state index < -0.39 is 15.0 Å². The maximum atomic E-state index is 11.4. The molecule has 1 aromatic heterocycles. The number of esters is 1. The van der Waals surface area contributed by atoms with Crippen molar-refractivity contribution in [3.63, 3.8) is 0 Å². The molecule has 1 rings (SSSR count). The van der Waals surface area contributed by atoms with Crippen molar-refractivity contribution in [3.8, 4) is 0 Å². The molecule has 0 fully saturated rings. The number of carbonyl (C=O) groups is 1. The zero-order chi connectivity index (χ0) is 13.9. The maximum absolute atomic E-state index is 11.4. The number of hydrogen-bond acceptors (Lipinski definition) is 5. The number of aromatic nitrogens is 2. The molecular weight excluding hydrogens is 303 g/mol. The molecule has 0 aromatic carbocycles. The highest BCUT2D eigenvalue weighted by molar-refractivity contribution is 8.13. The van der Waals surface area contributed by atoms with Crippen molar-refractivity contribution in [2.75, 3.05) is 6.61 Å². The van der Waals surface area contributed by atoms with Crippen LogP contribution < -0.4 is 0 Å². The van der Waals surface area contributed by atoms with E-state index in [1.165, 1.54) is 0 Å². The van der Waals surface area contributed by atoms with Gasteiger partial charge in [0.1, 0.15) is 16.6 Å². The van der Waals surface area contributed by atoms with Crippen molar-refractivity contribution in [1.82, 2.24) is 9.78 Å². The molecule has 9 heteroatoms. The van der Waals surface area contributed by atoms with Crippen molar-refractivity contribution in [2.24, 2.45) is 0 Å². The van der Waals surface area contributed by atoms with Gasteiger partial charge in [-0.1, -0.05) is 18.5 Å². The van der Waals surface area contributed by atoms with Crippen LogP contribution in [0.2, 0.25) is 5.15 Å². The summed E-state index contributed by atoms with van der Waals surface area (Å²) in [5.41, 5.74) is 0.222. The molecule has 0 aliphatic carbocycles. The van der Waals surface area contributed by atoms with Gasteiger partial charge in [0, 0.05) is 10.7 Å². The van der Waals surface area contributed by atoms with Gasteiger partial charge in [-0.05, 0) is 13.3 Å². The van der Waals surface area contributed by atoms with E-state index in [-0.39, 0.29) is 28.9 Å². The zero-order valence-corrected chi connectivity index (χ0v) is 12.1. The zero-order valence-electron chi connectivity index (χ0n) is 9.81. The van der Waals surface area contributed by atoms with E-state index in [4.69, 9.17) is 27.0 Å². The number of carbonyl (C=O) groups excluding carboxylic acids is 1.